The molecule has 3 aromatic rings. The Morgan fingerprint density at radius 3 is 2.40 bits per heavy atom. The van der Waals surface area contributed by atoms with Crippen molar-refractivity contribution in [2.75, 3.05) is 38.0 Å². The summed E-state index contributed by atoms with van der Waals surface area (Å²) in [7, 11) is 0. The molecule has 2 N–H and O–H groups in total. The third-order valence-electron chi connectivity index (χ3n) is 5.85. The van der Waals surface area contributed by atoms with Gasteiger partial charge in [-0.25, -0.2) is 0 Å². The Labute approximate surface area is 176 Å². The van der Waals surface area contributed by atoms with Crippen LogP contribution in [0.1, 0.15) is 16.7 Å². The number of benzene rings is 2. The van der Waals surface area contributed by atoms with Crippen LogP contribution in [0.2, 0.25) is 0 Å². The fourth-order valence-electron chi connectivity index (χ4n) is 4.10. The molecule has 0 unspecified atom stereocenters. The molecule has 1 fully saturated rings. The summed E-state index contributed by atoms with van der Waals surface area (Å²) in [5.74, 6) is 0.130. The van der Waals surface area contributed by atoms with Gasteiger partial charge < -0.3 is 15.2 Å². The summed E-state index contributed by atoms with van der Waals surface area (Å²) < 4.78 is 0. The van der Waals surface area contributed by atoms with Crippen LogP contribution in [0.5, 0.6) is 0 Å². The number of hydrogen-bond donors (Lipinski definition) is 2. The Balaban J connectivity index is 1.28. The summed E-state index contributed by atoms with van der Waals surface area (Å²) in [6.07, 6.45) is 2.33. The van der Waals surface area contributed by atoms with Crippen LogP contribution in [-0.4, -0.2) is 59.3 Å². The lowest BCUT2D eigenvalue weighted by Gasteiger charge is -2.34. The molecule has 2 heterocycles. The van der Waals surface area contributed by atoms with Crippen LogP contribution in [-0.2, 0) is 16.0 Å². The molecule has 1 aromatic heterocycles. The maximum absolute atomic E-state index is 12.8. The van der Waals surface area contributed by atoms with E-state index < -0.39 is 0 Å². The number of nitrogens with zero attached hydrogens (tertiary/aromatic N) is 2. The van der Waals surface area contributed by atoms with Gasteiger partial charge in [0.2, 0.25) is 11.8 Å². The maximum Gasteiger partial charge on any atom is 0.238 e. The molecule has 0 radical (unpaired) electrons. The van der Waals surface area contributed by atoms with Crippen molar-refractivity contribution < 1.29 is 9.59 Å². The second-order valence-electron chi connectivity index (χ2n) is 8.01. The van der Waals surface area contributed by atoms with Crippen molar-refractivity contribution in [1.82, 2.24) is 14.8 Å². The van der Waals surface area contributed by atoms with Crippen molar-refractivity contribution in [2.24, 2.45) is 0 Å². The summed E-state index contributed by atoms with van der Waals surface area (Å²) >= 11 is 0. The van der Waals surface area contributed by atoms with Crippen molar-refractivity contribution in [3.63, 3.8) is 0 Å². The number of aromatic nitrogens is 1. The van der Waals surface area contributed by atoms with Gasteiger partial charge in [-0.1, -0.05) is 36.4 Å². The van der Waals surface area contributed by atoms with E-state index in [9.17, 15) is 9.59 Å². The highest BCUT2D eigenvalue weighted by Crippen LogP contribution is 2.20. The molecule has 2 amide bonds. The Bertz CT molecular complexity index is 1040. The lowest BCUT2D eigenvalue weighted by molar-refractivity contribution is -0.132. The Morgan fingerprint density at radius 1 is 0.967 bits per heavy atom. The number of hydrogen-bond acceptors (Lipinski definition) is 3. The fourth-order valence-corrected chi connectivity index (χ4v) is 4.10. The van der Waals surface area contributed by atoms with Crippen molar-refractivity contribution in [3.8, 4) is 0 Å². The van der Waals surface area contributed by atoms with Crippen molar-refractivity contribution in [1.29, 1.82) is 0 Å². The minimum atomic E-state index is -0.00836. The molecule has 0 atom stereocenters. The summed E-state index contributed by atoms with van der Waals surface area (Å²) in [5, 5.41) is 4.15. The molecule has 0 bridgehead atoms. The van der Waals surface area contributed by atoms with Gasteiger partial charge in [-0.2, -0.15) is 0 Å². The summed E-state index contributed by atoms with van der Waals surface area (Å²) in [5.41, 5.74) is 5.12. The monoisotopic (exact) mass is 404 g/mol. The number of nitrogens with one attached hydrogen (secondary N) is 2. The van der Waals surface area contributed by atoms with Crippen LogP contribution in [0.25, 0.3) is 10.9 Å². The highest BCUT2D eigenvalue weighted by molar-refractivity contribution is 5.94. The van der Waals surface area contributed by atoms with Gasteiger partial charge in [0, 0.05) is 49.0 Å². The maximum atomic E-state index is 12.8. The molecule has 4 rings (SSSR count). The second kappa shape index (κ2) is 8.71. The third-order valence-corrected chi connectivity index (χ3v) is 5.85. The highest BCUT2D eigenvalue weighted by atomic mass is 16.2. The minimum absolute atomic E-state index is 0.00836. The molecular formula is C24H28N4O2. The molecule has 6 heteroatoms. The predicted molar refractivity (Wildman–Crippen MR) is 120 cm³/mol. The van der Waals surface area contributed by atoms with Gasteiger partial charge in [-0.05, 0) is 36.6 Å². The minimum Gasteiger partial charge on any atom is -0.361 e. The molecule has 0 saturated carbocycles. The number of carbonyl (C=O) groups is 2. The Morgan fingerprint density at radius 2 is 1.67 bits per heavy atom. The van der Waals surface area contributed by atoms with Crippen LogP contribution < -0.4 is 5.32 Å². The van der Waals surface area contributed by atoms with Gasteiger partial charge in [-0.3, -0.25) is 14.5 Å². The van der Waals surface area contributed by atoms with Crippen molar-refractivity contribution >= 4 is 28.4 Å². The number of aryl methyl sites for hydroxylation is 2. The summed E-state index contributed by atoms with van der Waals surface area (Å²) in [6, 6.07) is 14.0. The zero-order chi connectivity index (χ0) is 21.1. The van der Waals surface area contributed by atoms with Crippen LogP contribution in [0.15, 0.2) is 48.7 Å². The topological polar surface area (TPSA) is 68.4 Å². The van der Waals surface area contributed by atoms with Crippen LogP contribution in [0.4, 0.5) is 5.69 Å². The van der Waals surface area contributed by atoms with E-state index in [1.807, 2.05) is 67.4 Å². The average Bonchev–Trinajstić information content (AvgIpc) is 3.14. The van der Waals surface area contributed by atoms with E-state index in [4.69, 9.17) is 0 Å². The number of H-pyrrole nitrogens is 1. The van der Waals surface area contributed by atoms with Gasteiger partial charge in [0.05, 0.1) is 13.0 Å². The second-order valence-corrected chi connectivity index (χ2v) is 8.01. The molecule has 1 saturated heterocycles. The molecule has 6 nitrogen and oxygen atoms in total. The molecule has 0 spiro atoms. The first kappa shape index (κ1) is 20.2. The average molecular weight is 405 g/mol. The molecule has 0 aliphatic carbocycles. The fraction of sp³-hybridized carbons (Fsp3) is 0.333. The van der Waals surface area contributed by atoms with Crippen LogP contribution in [0.3, 0.4) is 0 Å². The quantitative estimate of drug-likeness (QED) is 0.687. The lowest BCUT2D eigenvalue weighted by atomic mass is 10.1. The number of fused-ring (bicyclic) bond motifs is 1. The van der Waals surface area contributed by atoms with E-state index >= 15 is 0 Å². The summed E-state index contributed by atoms with van der Waals surface area (Å²) in [6.45, 7) is 7.06. The standard InChI is InChI=1S/C24H28N4O2/c1-17-6-5-7-18(2)24(17)26-22(29)16-27-10-12-28(13-11-27)23(30)14-19-15-25-21-9-4-3-8-20(19)21/h3-9,15,25H,10-14,16H2,1-2H3,(H,26,29). The van der Waals surface area contributed by atoms with Gasteiger partial charge in [0.1, 0.15) is 0 Å². The zero-order valence-electron chi connectivity index (χ0n) is 17.6. The van der Waals surface area contributed by atoms with Gasteiger partial charge in [-0.15, -0.1) is 0 Å². The third kappa shape index (κ3) is 4.39. The Kier molecular flexibility index (Phi) is 5.86. The summed E-state index contributed by atoms with van der Waals surface area (Å²) in [4.78, 5) is 32.5. The van der Waals surface area contributed by atoms with Crippen LogP contribution >= 0.6 is 0 Å². The molecule has 1 aliphatic heterocycles. The number of amides is 2. The number of para-hydroxylation sites is 2. The number of rotatable bonds is 5. The van der Waals surface area contributed by atoms with Gasteiger partial charge in [0.15, 0.2) is 0 Å². The molecule has 1 aliphatic rings. The first-order valence-electron chi connectivity index (χ1n) is 10.4. The van der Waals surface area contributed by atoms with E-state index in [2.05, 4.69) is 15.2 Å². The molecule has 30 heavy (non-hydrogen) atoms. The largest absolute Gasteiger partial charge is 0.361 e. The van der Waals surface area contributed by atoms with E-state index in [0.717, 1.165) is 33.3 Å². The first-order valence-corrected chi connectivity index (χ1v) is 10.4. The predicted octanol–water partition coefficient (Wildman–Crippen LogP) is 3.11. The molecular weight excluding hydrogens is 376 g/mol. The van der Waals surface area contributed by atoms with E-state index in [0.29, 0.717) is 39.1 Å². The number of aromatic amines is 1. The highest BCUT2D eigenvalue weighted by Gasteiger charge is 2.23. The first-order chi connectivity index (χ1) is 14.5. The smallest absolute Gasteiger partial charge is 0.238 e. The van der Waals surface area contributed by atoms with Gasteiger partial charge in [0.25, 0.3) is 0 Å². The van der Waals surface area contributed by atoms with Crippen molar-refractivity contribution in [3.05, 3.63) is 65.4 Å². The number of piperazine rings is 1. The van der Waals surface area contributed by atoms with Crippen molar-refractivity contribution in [2.45, 2.75) is 20.3 Å². The van der Waals surface area contributed by atoms with E-state index in [1.165, 1.54) is 0 Å². The van der Waals surface area contributed by atoms with E-state index in [1.54, 1.807) is 0 Å². The molecule has 2 aromatic carbocycles. The number of carbonyl (C=O) groups excluding carboxylic acids is 2. The zero-order valence-corrected chi connectivity index (χ0v) is 17.6. The molecule has 156 valence electrons. The lowest BCUT2D eigenvalue weighted by Crippen LogP contribution is -2.50. The normalized spacial score (nSPS) is 14.8. The van der Waals surface area contributed by atoms with Crippen LogP contribution in [0, 0.1) is 13.8 Å². The van der Waals surface area contributed by atoms with Gasteiger partial charge >= 0.3 is 0 Å². The van der Waals surface area contributed by atoms with E-state index in [-0.39, 0.29) is 11.8 Å². The Hall–Kier alpha value is -3.12. The SMILES string of the molecule is Cc1cccc(C)c1NC(=O)CN1CCN(C(=O)Cc2c[nH]c3ccccc23)CC1. The number of anilines is 1.